The number of aliphatic hydroxyl groups is 1. The van der Waals surface area contributed by atoms with Crippen LogP contribution in [0.25, 0.3) is 0 Å². The zero-order valence-electron chi connectivity index (χ0n) is 18.9. The molecule has 0 aromatic carbocycles. The van der Waals surface area contributed by atoms with Gasteiger partial charge in [-0.05, 0) is 86.9 Å². The molecule has 1 spiro atoms. The van der Waals surface area contributed by atoms with Gasteiger partial charge in [-0.2, -0.15) is 0 Å². The molecule has 164 valence electrons. The Bertz CT molecular complexity index is 652. The van der Waals surface area contributed by atoms with E-state index in [1.165, 1.54) is 51.4 Å². The number of fused-ring (bicyclic) bond motifs is 6. The third-order valence-corrected chi connectivity index (χ3v) is 10.5. The van der Waals surface area contributed by atoms with Crippen LogP contribution in [0.15, 0.2) is 12.2 Å². The van der Waals surface area contributed by atoms with E-state index in [1.807, 2.05) is 0 Å². The molecule has 1 aliphatic heterocycles. The molecule has 5 rings (SSSR count). The van der Waals surface area contributed by atoms with Crippen LogP contribution in [0.2, 0.25) is 0 Å². The van der Waals surface area contributed by atoms with Crippen molar-refractivity contribution >= 4 is 0 Å². The third-order valence-electron chi connectivity index (χ3n) is 10.5. The second kappa shape index (κ2) is 7.07. The lowest BCUT2D eigenvalue weighted by molar-refractivity contribution is -0.260. The predicted octanol–water partition coefficient (Wildman–Crippen LogP) is 5.86. The van der Waals surface area contributed by atoms with Gasteiger partial charge < -0.3 is 14.6 Å². The van der Waals surface area contributed by atoms with E-state index >= 15 is 0 Å². The highest BCUT2D eigenvalue weighted by Crippen LogP contribution is 2.70. The van der Waals surface area contributed by atoms with Crippen molar-refractivity contribution in [3.8, 4) is 0 Å². The molecule has 3 nitrogen and oxygen atoms in total. The van der Waals surface area contributed by atoms with Gasteiger partial charge in [0.2, 0.25) is 0 Å². The van der Waals surface area contributed by atoms with Crippen molar-refractivity contribution < 1.29 is 14.6 Å². The molecule has 29 heavy (non-hydrogen) atoms. The molecular weight excluding hydrogens is 360 g/mol. The first-order chi connectivity index (χ1) is 13.9. The lowest BCUT2D eigenvalue weighted by Crippen LogP contribution is -2.63. The van der Waals surface area contributed by atoms with Crippen LogP contribution in [-0.2, 0) is 9.47 Å². The summed E-state index contributed by atoms with van der Waals surface area (Å²) in [5.41, 5.74) is -0.228. The first-order valence-corrected chi connectivity index (χ1v) is 12.5. The maximum atomic E-state index is 11.9. The van der Waals surface area contributed by atoms with Gasteiger partial charge in [0, 0.05) is 11.8 Å². The minimum atomic E-state index is -0.474. The molecular formula is C26H42O3. The topological polar surface area (TPSA) is 38.7 Å². The molecule has 3 unspecified atom stereocenters. The maximum Gasteiger partial charge on any atom is 0.174 e. The summed E-state index contributed by atoms with van der Waals surface area (Å²) >= 11 is 0. The fraction of sp³-hybridized carbons (Fsp3) is 0.923. The number of allylic oxidation sites excluding steroid dienone is 2. The van der Waals surface area contributed by atoms with Gasteiger partial charge in [-0.3, -0.25) is 0 Å². The summed E-state index contributed by atoms with van der Waals surface area (Å²) in [6, 6.07) is 0. The fourth-order valence-electron chi connectivity index (χ4n) is 8.80. The Kier molecular flexibility index (Phi) is 5.00. The smallest absolute Gasteiger partial charge is 0.174 e. The number of ether oxygens (including phenoxy) is 2. The van der Waals surface area contributed by atoms with E-state index in [0.717, 1.165) is 38.4 Å². The molecule has 5 aliphatic rings. The number of hydrogen-bond donors (Lipinski definition) is 1. The van der Waals surface area contributed by atoms with Gasteiger partial charge >= 0.3 is 0 Å². The highest BCUT2D eigenvalue weighted by Gasteiger charge is 2.69. The molecule has 7 atom stereocenters. The number of hydrogen-bond acceptors (Lipinski definition) is 3. The summed E-state index contributed by atoms with van der Waals surface area (Å²) in [6.07, 6.45) is 17.5. The van der Waals surface area contributed by atoms with Gasteiger partial charge in [-0.15, -0.1) is 0 Å². The minimum absolute atomic E-state index is 0.0828. The molecule has 4 saturated carbocycles. The highest BCUT2D eigenvalue weighted by molar-refractivity contribution is 5.17. The molecule has 1 saturated heterocycles. The Hall–Kier alpha value is -0.380. The van der Waals surface area contributed by atoms with E-state index in [9.17, 15) is 5.11 Å². The fourth-order valence-corrected chi connectivity index (χ4v) is 8.80. The van der Waals surface area contributed by atoms with Gasteiger partial charge in [-0.25, -0.2) is 0 Å². The summed E-state index contributed by atoms with van der Waals surface area (Å²) in [7, 11) is 0. The largest absolute Gasteiger partial charge is 0.389 e. The maximum absolute atomic E-state index is 11.9. The molecule has 1 N–H and O–H groups in total. The Morgan fingerprint density at radius 2 is 1.59 bits per heavy atom. The third kappa shape index (κ3) is 2.79. The zero-order chi connectivity index (χ0) is 20.3. The number of unbranched alkanes of at least 4 members (excludes halogenated alkanes) is 1. The Morgan fingerprint density at radius 1 is 0.897 bits per heavy atom. The van der Waals surface area contributed by atoms with Crippen molar-refractivity contribution in [2.75, 3.05) is 13.2 Å². The average Bonchev–Trinajstić information content (AvgIpc) is 3.29. The van der Waals surface area contributed by atoms with Crippen LogP contribution in [0.4, 0.5) is 0 Å². The van der Waals surface area contributed by atoms with Crippen molar-refractivity contribution in [3.05, 3.63) is 12.2 Å². The van der Waals surface area contributed by atoms with Crippen LogP contribution < -0.4 is 0 Å². The Balaban J connectivity index is 1.38. The summed E-state index contributed by atoms with van der Waals surface area (Å²) < 4.78 is 12.6. The quantitative estimate of drug-likeness (QED) is 0.601. The van der Waals surface area contributed by atoms with E-state index in [2.05, 4.69) is 32.9 Å². The Labute approximate surface area is 177 Å². The van der Waals surface area contributed by atoms with Gasteiger partial charge in [0.25, 0.3) is 0 Å². The van der Waals surface area contributed by atoms with Crippen molar-refractivity contribution in [1.82, 2.24) is 0 Å². The monoisotopic (exact) mass is 402 g/mol. The summed E-state index contributed by atoms with van der Waals surface area (Å²) in [4.78, 5) is 0. The molecule has 3 heteroatoms. The van der Waals surface area contributed by atoms with Crippen LogP contribution in [0.5, 0.6) is 0 Å². The SMILES string of the molecule is CCCC=C[C@@H]1CC[C@]2(C)C3CC[C@@]4(C)C(CCC45OCCO5)C3CC[C@@]2(O)C1. The average molecular weight is 403 g/mol. The first kappa shape index (κ1) is 20.5. The van der Waals surface area contributed by atoms with E-state index in [1.54, 1.807) is 0 Å². The molecule has 0 aromatic rings. The normalized spacial score (nSPS) is 51.2. The molecule has 5 fully saturated rings. The van der Waals surface area contributed by atoms with E-state index in [0.29, 0.717) is 17.8 Å². The second-order valence-corrected chi connectivity index (χ2v) is 11.5. The predicted molar refractivity (Wildman–Crippen MR) is 115 cm³/mol. The molecule has 0 aromatic heterocycles. The molecule has 4 aliphatic carbocycles. The van der Waals surface area contributed by atoms with Crippen LogP contribution >= 0.6 is 0 Å². The minimum Gasteiger partial charge on any atom is -0.389 e. The van der Waals surface area contributed by atoms with Gasteiger partial charge in [0.1, 0.15) is 0 Å². The van der Waals surface area contributed by atoms with E-state index < -0.39 is 5.60 Å². The van der Waals surface area contributed by atoms with Crippen LogP contribution in [0, 0.1) is 34.5 Å². The number of rotatable bonds is 3. The van der Waals surface area contributed by atoms with Crippen molar-refractivity contribution in [2.24, 2.45) is 34.5 Å². The zero-order valence-corrected chi connectivity index (χ0v) is 18.9. The van der Waals surface area contributed by atoms with Crippen molar-refractivity contribution in [2.45, 2.75) is 103 Å². The van der Waals surface area contributed by atoms with Crippen LogP contribution in [0.3, 0.4) is 0 Å². The second-order valence-electron chi connectivity index (χ2n) is 11.5. The summed E-state index contributed by atoms with van der Waals surface area (Å²) in [5.74, 6) is 2.36. The van der Waals surface area contributed by atoms with Crippen LogP contribution in [0.1, 0.15) is 91.4 Å². The Morgan fingerprint density at radius 3 is 2.34 bits per heavy atom. The molecule has 0 bridgehead atoms. The lowest BCUT2D eigenvalue weighted by Gasteiger charge is -2.64. The lowest BCUT2D eigenvalue weighted by atomic mass is 9.43. The van der Waals surface area contributed by atoms with E-state index in [4.69, 9.17) is 9.47 Å². The van der Waals surface area contributed by atoms with E-state index in [-0.39, 0.29) is 16.6 Å². The van der Waals surface area contributed by atoms with Crippen molar-refractivity contribution in [1.29, 1.82) is 0 Å². The molecule has 0 radical (unpaired) electrons. The summed E-state index contributed by atoms with van der Waals surface area (Å²) in [5, 5.41) is 11.9. The van der Waals surface area contributed by atoms with Gasteiger partial charge in [-0.1, -0.05) is 39.3 Å². The molecule has 1 heterocycles. The van der Waals surface area contributed by atoms with Gasteiger partial charge in [0.05, 0.1) is 18.8 Å². The first-order valence-electron chi connectivity index (χ1n) is 12.5. The molecule has 0 amide bonds. The standard InChI is InChI=1S/C26H42O3/c1-4-5-6-7-19-8-12-23(2)21-10-13-24(3)22(11-15-26(24)28-16-17-29-26)20(21)9-14-25(23,27)18-19/h6-7,19-22,27H,4-5,8-18H2,1-3H3/t19-,20?,21?,22?,23-,24+,25-/m1/s1. The summed E-state index contributed by atoms with van der Waals surface area (Å²) in [6.45, 7) is 8.68. The van der Waals surface area contributed by atoms with Gasteiger partial charge in [0.15, 0.2) is 5.79 Å². The van der Waals surface area contributed by atoms with Crippen LogP contribution in [-0.4, -0.2) is 29.7 Å². The highest BCUT2D eigenvalue weighted by atomic mass is 16.7. The van der Waals surface area contributed by atoms with Crippen molar-refractivity contribution in [3.63, 3.8) is 0 Å².